The number of carbonyl (C=O) groups is 3. The van der Waals surface area contributed by atoms with Gasteiger partial charge >= 0.3 is 16.3 Å². The Labute approximate surface area is 196 Å². The third-order valence-corrected chi connectivity index (χ3v) is 6.19. The van der Waals surface area contributed by atoms with Crippen LogP contribution in [-0.2, 0) is 36.1 Å². The fraction of sp³-hybridized carbons (Fsp3) is 0.438. The molecule has 0 bridgehead atoms. The van der Waals surface area contributed by atoms with Crippen molar-refractivity contribution in [2.24, 2.45) is 5.16 Å². The molecule has 1 saturated heterocycles. The van der Waals surface area contributed by atoms with Gasteiger partial charge in [0.1, 0.15) is 17.8 Å². The van der Waals surface area contributed by atoms with Gasteiger partial charge in [0.2, 0.25) is 5.60 Å². The largest absolute Gasteiger partial charge is 0.478 e. The number of nitrogen functional groups attached to an aromatic ring is 1. The van der Waals surface area contributed by atoms with Crippen LogP contribution in [0.5, 0.6) is 0 Å². The van der Waals surface area contributed by atoms with Crippen LogP contribution >= 0.6 is 11.3 Å². The van der Waals surface area contributed by atoms with E-state index in [1.807, 2.05) is 0 Å². The number of carboxylic acid groups (broad SMARTS) is 1. The number of nitrogens with one attached hydrogen (secondary N) is 1. The number of aliphatic carboxylic acids is 1. The van der Waals surface area contributed by atoms with Crippen LogP contribution in [0.4, 0.5) is 5.13 Å². The standard InChI is InChI=1S/C16H20N8O8S2/c1-7-4-18-23(21-7)5-9-11(13(26)24(9)34(29,30)31)20-12(25)10(8-6-33-15(17)19-8)22-32-16(2,3)14(27)28/h4,6,9,11H,5H2,1-3H3,(H2,17,19)(H,20,25)(H,27,28)(H,29,30,31)/b22-10+/t9-,11+/m1/s1. The number of carboxylic acids is 1. The third kappa shape index (κ3) is 5.13. The molecule has 3 heterocycles. The van der Waals surface area contributed by atoms with Gasteiger partial charge in [-0.25, -0.2) is 14.1 Å². The zero-order valence-corrected chi connectivity index (χ0v) is 19.6. The summed E-state index contributed by atoms with van der Waals surface area (Å²) in [6.07, 6.45) is 1.39. The summed E-state index contributed by atoms with van der Waals surface area (Å²) in [4.78, 5) is 46.7. The molecular formula is C16H20N8O8S2. The minimum atomic E-state index is -4.94. The van der Waals surface area contributed by atoms with Gasteiger partial charge in [0, 0.05) is 5.38 Å². The Morgan fingerprint density at radius 1 is 1.41 bits per heavy atom. The van der Waals surface area contributed by atoms with Gasteiger partial charge in [-0.05, 0) is 20.8 Å². The van der Waals surface area contributed by atoms with E-state index >= 15 is 0 Å². The van der Waals surface area contributed by atoms with Crippen molar-refractivity contribution in [2.75, 3.05) is 5.73 Å². The van der Waals surface area contributed by atoms with Crippen LogP contribution in [0, 0.1) is 6.92 Å². The van der Waals surface area contributed by atoms with Gasteiger partial charge in [0.05, 0.1) is 18.4 Å². The lowest BCUT2D eigenvalue weighted by Crippen LogP contribution is -2.73. The zero-order valence-electron chi connectivity index (χ0n) is 17.9. The van der Waals surface area contributed by atoms with E-state index in [0.29, 0.717) is 5.69 Å². The maximum atomic E-state index is 13.0. The number of aryl methyl sites for hydroxylation is 1. The van der Waals surface area contributed by atoms with Crippen molar-refractivity contribution < 1.29 is 37.3 Å². The Morgan fingerprint density at radius 3 is 2.59 bits per heavy atom. The summed E-state index contributed by atoms with van der Waals surface area (Å²) in [5.74, 6) is -3.52. The molecule has 2 amide bonds. The summed E-state index contributed by atoms with van der Waals surface area (Å²) in [7, 11) is -4.94. The lowest BCUT2D eigenvalue weighted by atomic mass is 9.98. The molecule has 34 heavy (non-hydrogen) atoms. The van der Waals surface area contributed by atoms with Gasteiger partial charge in [0.25, 0.3) is 11.8 Å². The molecule has 1 fully saturated rings. The number of nitrogens with zero attached hydrogens (tertiary/aromatic N) is 6. The molecule has 0 aromatic carbocycles. The lowest BCUT2D eigenvalue weighted by Gasteiger charge is -2.43. The molecule has 16 nitrogen and oxygen atoms in total. The smallest absolute Gasteiger partial charge is 0.362 e. The monoisotopic (exact) mass is 516 g/mol. The molecule has 5 N–H and O–H groups in total. The first-order chi connectivity index (χ1) is 15.7. The highest BCUT2D eigenvalue weighted by Gasteiger charge is 2.54. The second-order valence-electron chi connectivity index (χ2n) is 7.59. The Bertz CT molecular complexity index is 1270. The number of anilines is 1. The van der Waals surface area contributed by atoms with Gasteiger partial charge in [-0.3, -0.25) is 14.1 Å². The van der Waals surface area contributed by atoms with Crippen molar-refractivity contribution in [3.63, 3.8) is 0 Å². The Morgan fingerprint density at radius 2 is 2.09 bits per heavy atom. The highest BCUT2D eigenvalue weighted by Crippen LogP contribution is 2.25. The van der Waals surface area contributed by atoms with E-state index in [9.17, 15) is 32.5 Å². The fourth-order valence-electron chi connectivity index (χ4n) is 2.79. The molecule has 18 heteroatoms. The van der Waals surface area contributed by atoms with Crippen molar-refractivity contribution in [1.29, 1.82) is 0 Å². The number of nitrogens with two attached hydrogens (primary N) is 1. The third-order valence-electron chi connectivity index (χ3n) is 4.57. The quantitative estimate of drug-likeness (QED) is 0.128. The lowest BCUT2D eigenvalue weighted by molar-refractivity contribution is -0.161. The van der Waals surface area contributed by atoms with E-state index in [-0.39, 0.29) is 21.7 Å². The summed E-state index contributed by atoms with van der Waals surface area (Å²) in [6, 6.07) is -2.69. The summed E-state index contributed by atoms with van der Waals surface area (Å²) >= 11 is 0.964. The van der Waals surface area contributed by atoms with Gasteiger partial charge in [-0.15, -0.1) is 11.3 Å². The first-order valence-electron chi connectivity index (χ1n) is 9.40. The molecule has 2 aromatic heterocycles. The normalized spacial score (nSPS) is 19.0. The summed E-state index contributed by atoms with van der Waals surface area (Å²) in [5, 5.41) is 24.5. The van der Waals surface area contributed by atoms with Crippen molar-refractivity contribution in [2.45, 2.75) is 45.0 Å². The molecule has 3 rings (SSSR count). The van der Waals surface area contributed by atoms with Gasteiger partial charge < -0.3 is 21.0 Å². The van der Waals surface area contributed by atoms with Crippen LogP contribution in [0.3, 0.4) is 0 Å². The molecule has 0 saturated carbocycles. The van der Waals surface area contributed by atoms with Crippen LogP contribution in [0.2, 0.25) is 0 Å². The highest BCUT2D eigenvalue weighted by molar-refractivity contribution is 7.84. The van der Waals surface area contributed by atoms with Crippen LogP contribution in [0.15, 0.2) is 16.7 Å². The van der Waals surface area contributed by atoms with Crippen molar-refractivity contribution in [3.05, 3.63) is 23.0 Å². The average molecular weight is 517 g/mol. The molecule has 2 aromatic rings. The number of hydrogen-bond acceptors (Lipinski definition) is 12. The molecular weight excluding hydrogens is 496 g/mol. The zero-order chi connectivity index (χ0) is 25.4. The number of hydrogen-bond donors (Lipinski definition) is 4. The van der Waals surface area contributed by atoms with Gasteiger partial charge in [0.15, 0.2) is 10.8 Å². The van der Waals surface area contributed by atoms with E-state index in [0.717, 1.165) is 16.1 Å². The van der Waals surface area contributed by atoms with Crippen molar-refractivity contribution in [1.82, 2.24) is 29.6 Å². The first kappa shape index (κ1) is 25.0. The maximum Gasteiger partial charge on any atom is 0.362 e. The molecule has 0 radical (unpaired) electrons. The van der Waals surface area contributed by atoms with Crippen molar-refractivity contribution >= 4 is 50.3 Å². The molecule has 184 valence electrons. The predicted molar refractivity (Wildman–Crippen MR) is 115 cm³/mol. The number of rotatable bonds is 9. The van der Waals surface area contributed by atoms with Gasteiger partial charge in [-0.1, -0.05) is 5.16 Å². The summed E-state index contributed by atoms with van der Waals surface area (Å²) < 4.78 is 33.0. The second-order valence-corrected chi connectivity index (χ2v) is 9.77. The molecule has 1 aliphatic heterocycles. The first-order valence-corrected chi connectivity index (χ1v) is 11.7. The van der Waals surface area contributed by atoms with E-state index in [2.05, 4.69) is 25.7 Å². The molecule has 0 aliphatic carbocycles. The number of amides is 2. The maximum absolute atomic E-state index is 13.0. The van der Waals surface area contributed by atoms with E-state index < -0.39 is 51.5 Å². The fourth-order valence-corrected chi connectivity index (χ4v) is 4.21. The van der Waals surface area contributed by atoms with Gasteiger partial charge in [-0.2, -0.15) is 23.4 Å². The Kier molecular flexibility index (Phi) is 6.58. The number of carbonyl (C=O) groups excluding carboxylic acids is 2. The Balaban J connectivity index is 1.89. The van der Waals surface area contributed by atoms with E-state index in [1.54, 1.807) is 6.92 Å². The van der Waals surface area contributed by atoms with Crippen molar-refractivity contribution in [3.8, 4) is 0 Å². The number of oxime groups is 1. The van der Waals surface area contributed by atoms with E-state index in [4.69, 9.17) is 10.6 Å². The van der Waals surface area contributed by atoms with Crippen LogP contribution in [0.1, 0.15) is 25.2 Å². The molecule has 2 atom stereocenters. The summed E-state index contributed by atoms with van der Waals surface area (Å²) in [6.45, 7) is 3.75. The Hall–Kier alpha value is -3.64. The van der Waals surface area contributed by atoms with Crippen LogP contribution in [-0.4, -0.2) is 83.5 Å². The number of thiazole rings is 1. The highest BCUT2D eigenvalue weighted by atomic mass is 32.2. The molecule has 1 aliphatic rings. The number of β-lactam (4-membered cyclic amide) rings is 1. The van der Waals surface area contributed by atoms with Crippen LogP contribution in [0.25, 0.3) is 0 Å². The number of aromatic nitrogens is 4. The summed E-state index contributed by atoms with van der Waals surface area (Å²) in [5.41, 5.74) is 3.72. The molecule has 0 unspecified atom stereocenters. The minimum Gasteiger partial charge on any atom is -0.478 e. The minimum absolute atomic E-state index is 0.0690. The molecule has 0 spiro atoms. The van der Waals surface area contributed by atoms with Crippen LogP contribution < -0.4 is 11.1 Å². The SMILES string of the molecule is Cc1cnn(C[C@@H]2[C@H](NC(=O)/C(=N/OC(C)(C)C(=O)O)c3csc(N)n3)C(=O)N2S(=O)(=O)O)n1. The second kappa shape index (κ2) is 8.95. The topological polar surface area (TPSA) is 232 Å². The predicted octanol–water partition coefficient (Wildman–Crippen LogP) is -1.59. The average Bonchev–Trinajstić information content (AvgIpc) is 3.32. The van der Waals surface area contributed by atoms with E-state index in [1.165, 1.54) is 25.4 Å².